The van der Waals surface area contributed by atoms with Crippen molar-refractivity contribution in [3.8, 4) is 0 Å². The summed E-state index contributed by atoms with van der Waals surface area (Å²) < 4.78 is 0. The van der Waals surface area contributed by atoms with E-state index in [0.29, 0.717) is 17.6 Å². The van der Waals surface area contributed by atoms with Crippen LogP contribution in [-0.2, 0) is 4.79 Å². The van der Waals surface area contributed by atoms with Gasteiger partial charge < -0.3 is 5.11 Å². The van der Waals surface area contributed by atoms with E-state index in [9.17, 15) is 9.90 Å². The standard InChI is InChI=1S/C27H46O2/c1-17(2)7-6-8-18(3)22-11-12-23-21-10-9-19-15-20(28)13-14-26(19,4)25(21)24(29)16-27(22,23)5/h17-23,25,28H,6-16H2,1-5H3. The van der Waals surface area contributed by atoms with E-state index < -0.39 is 0 Å². The van der Waals surface area contributed by atoms with Crippen molar-refractivity contribution >= 4 is 5.78 Å². The molecular weight excluding hydrogens is 356 g/mol. The van der Waals surface area contributed by atoms with Gasteiger partial charge in [-0.2, -0.15) is 0 Å². The molecule has 29 heavy (non-hydrogen) atoms. The Bertz CT molecular complexity index is 612. The van der Waals surface area contributed by atoms with Crippen LogP contribution in [0, 0.1) is 52.3 Å². The summed E-state index contributed by atoms with van der Waals surface area (Å²) in [6.45, 7) is 12.1. The maximum absolute atomic E-state index is 13.7. The number of hydrogen-bond donors (Lipinski definition) is 1. The van der Waals surface area contributed by atoms with Crippen LogP contribution in [0.2, 0.25) is 0 Å². The number of aliphatic hydroxyl groups is 1. The smallest absolute Gasteiger partial charge is 0.137 e. The van der Waals surface area contributed by atoms with E-state index in [1.54, 1.807) is 0 Å². The van der Waals surface area contributed by atoms with Crippen LogP contribution in [0.4, 0.5) is 0 Å². The molecule has 0 heterocycles. The molecule has 0 aromatic rings. The third-order valence-electron chi connectivity index (χ3n) is 10.5. The fourth-order valence-corrected chi connectivity index (χ4v) is 9.07. The van der Waals surface area contributed by atoms with Gasteiger partial charge in [-0.3, -0.25) is 4.79 Å². The Morgan fingerprint density at radius 2 is 1.76 bits per heavy atom. The summed E-state index contributed by atoms with van der Waals surface area (Å²) in [5, 5.41) is 10.2. The van der Waals surface area contributed by atoms with Gasteiger partial charge in [0.1, 0.15) is 5.78 Å². The lowest BCUT2D eigenvalue weighted by atomic mass is 9.44. The lowest BCUT2D eigenvalue weighted by Crippen LogP contribution is -2.57. The van der Waals surface area contributed by atoms with E-state index in [-0.39, 0.29) is 22.9 Å². The SMILES string of the molecule is CC(C)CCCC(C)C1CCC2C3CCC4CC(O)CCC4(C)C3C(=O)CC12C. The molecule has 0 aliphatic heterocycles. The third kappa shape index (κ3) is 3.64. The van der Waals surface area contributed by atoms with E-state index in [1.165, 1.54) is 44.9 Å². The summed E-state index contributed by atoms with van der Waals surface area (Å²) in [7, 11) is 0. The number of aliphatic hydroxyl groups excluding tert-OH is 1. The number of fused-ring (bicyclic) bond motifs is 5. The molecule has 0 aromatic heterocycles. The van der Waals surface area contributed by atoms with Gasteiger partial charge in [-0.25, -0.2) is 0 Å². The maximum Gasteiger partial charge on any atom is 0.137 e. The number of ketones is 1. The van der Waals surface area contributed by atoms with Gasteiger partial charge in [0.05, 0.1) is 6.10 Å². The molecule has 4 saturated carbocycles. The lowest BCUT2D eigenvalue weighted by molar-refractivity contribution is -0.162. The quantitative estimate of drug-likeness (QED) is 0.559. The Kier molecular flexibility index (Phi) is 5.99. The molecule has 0 radical (unpaired) electrons. The van der Waals surface area contributed by atoms with Crippen molar-refractivity contribution in [3.63, 3.8) is 0 Å². The van der Waals surface area contributed by atoms with Crippen molar-refractivity contribution in [1.82, 2.24) is 0 Å². The summed E-state index contributed by atoms with van der Waals surface area (Å²) in [4.78, 5) is 13.7. The zero-order chi connectivity index (χ0) is 21.0. The van der Waals surface area contributed by atoms with E-state index in [1.807, 2.05) is 0 Å². The molecule has 9 atom stereocenters. The van der Waals surface area contributed by atoms with Crippen LogP contribution in [-0.4, -0.2) is 17.0 Å². The second-order valence-electron chi connectivity index (χ2n) is 12.6. The van der Waals surface area contributed by atoms with Crippen LogP contribution in [0.3, 0.4) is 0 Å². The van der Waals surface area contributed by atoms with E-state index >= 15 is 0 Å². The van der Waals surface area contributed by atoms with Crippen LogP contribution < -0.4 is 0 Å². The predicted molar refractivity (Wildman–Crippen MR) is 119 cm³/mol. The van der Waals surface area contributed by atoms with Crippen molar-refractivity contribution in [2.45, 2.75) is 111 Å². The topological polar surface area (TPSA) is 37.3 Å². The summed E-state index contributed by atoms with van der Waals surface area (Å²) >= 11 is 0. The predicted octanol–water partition coefficient (Wildman–Crippen LogP) is 6.65. The van der Waals surface area contributed by atoms with Crippen molar-refractivity contribution in [2.75, 3.05) is 0 Å². The van der Waals surface area contributed by atoms with Crippen LogP contribution in [0.25, 0.3) is 0 Å². The molecule has 2 nitrogen and oxygen atoms in total. The largest absolute Gasteiger partial charge is 0.393 e. The molecule has 1 N–H and O–H groups in total. The second kappa shape index (κ2) is 7.95. The Hall–Kier alpha value is -0.370. The van der Waals surface area contributed by atoms with Gasteiger partial charge in [-0.1, -0.05) is 53.9 Å². The molecule has 0 saturated heterocycles. The molecule has 4 aliphatic carbocycles. The third-order valence-corrected chi connectivity index (χ3v) is 10.5. The summed E-state index contributed by atoms with van der Waals surface area (Å²) in [6, 6.07) is 0. The van der Waals surface area contributed by atoms with E-state index in [4.69, 9.17) is 0 Å². The van der Waals surface area contributed by atoms with E-state index in [0.717, 1.165) is 49.4 Å². The second-order valence-corrected chi connectivity index (χ2v) is 12.6. The average molecular weight is 403 g/mol. The van der Waals surface area contributed by atoms with Crippen LogP contribution in [0.5, 0.6) is 0 Å². The summed E-state index contributed by atoms with van der Waals surface area (Å²) in [5.74, 6) is 5.11. The molecule has 0 bridgehead atoms. The summed E-state index contributed by atoms with van der Waals surface area (Å²) in [5.41, 5.74) is 0.397. The Morgan fingerprint density at radius 3 is 2.48 bits per heavy atom. The highest BCUT2D eigenvalue weighted by Gasteiger charge is 2.63. The molecule has 0 spiro atoms. The molecule has 9 unspecified atom stereocenters. The molecule has 166 valence electrons. The fraction of sp³-hybridized carbons (Fsp3) is 0.963. The first-order valence-electron chi connectivity index (χ1n) is 12.9. The fourth-order valence-electron chi connectivity index (χ4n) is 9.07. The van der Waals surface area contributed by atoms with Gasteiger partial charge in [0.25, 0.3) is 0 Å². The van der Waals surface area contributed by atoms with Crippen molar-refractivity contribution < 1.29 is 9.90 Å². The van der Waals surface area contributed by atoms with Gasteiger partial charge in [0.15, 0.2) is 0 Å². The number of carbonyl (C=O) groups excluding carboxylic acids is 1. The van der Waals surface area contributed by atoms with E-state index in [2.05, 4.69) is 34.6 Å². The molecule has 4 aliphatic rings. The first-order chi connectivity index (χ1) is 13.7. The first-order valence-corrected chi connectivity index (χ1v) is 12.9. The molecule has 4 fully saturated rings. The van der Waals surface area contributed by atoms with Crippen molar-refractivity contribution in [2.24, 2.45) is 52.3 Å². The number of hydrogen-bond acceptors (Lipinski definition) is 2. The average Bonchev–Trinajstić information content (AvgIpc) is 2.98. The highest BCUT2D eigenvalue weighted by molar-refractivity contribution is 5.84. The zero-order valence-corrected chi connectivity index (χ0v) is 19.8. The molecule has 2 heteroatoms. The number of Topliss-reactive ketones (excluding diaryl/α,β-unsaturated/α-hetero) is 1. The van der Waals surface area contributed by atoms with Crippen molar-refractivity contribution in [3.05, 3.63) is 0 Å². The Balaban J connectivity index is 1.52. The molecule has 0 aromatic carbocycles. The molecular formula is C27H46O2. The minimum Gasteiger partial charge on any atom is -0.393 e. The van der Waals surface area contributed by atoms with Crippen LogP contribution in [0.15, 0.2) is 0 Å². The first kappa shape index (κ1) is 21.8. The van der Waals surface area contributed by atoms with Gasteiger partial charge >= 0.3 is 0 Å². The molecule has 4 rings (SSSR count). The lowest BCUT2D eigenvalue weighted by Gasteiger charge is -2.60. The monoisotopic (exact) mass is 402 g/mol. The number of rotatable bonds is 5. The Morgan fingerprint density at radius 1 is 1.00 bits per heavy atom. The van der Waals surface area contributed by atoms with Gasteiger partial charge in [0, 0.05) is 12.3 Å². The minimum atomic E-state index is -0.129. The van der Waals surface area contributed by atoms with Gasteiger partial charge in [0.2, 0.25) is 0 Å². The van der Waals surface area contributed by atoms with Gasteiger partial charge in [-0.05, 0) is 91.3 Å². The normalized spacial score (nSPS) is 48.2. The van der Waals surface area contributed by atoms with Crippen LogP contribution in [0.1, 0.15) is 105 Å². The zero-order valence-electron chi connectivity index (χ0n) is 19.8. The molecule has 0 amide bonds. The highest BCUT2D eigenvalue weighted by Crippen LogP contribution is 2.67. The Labute approximate surface area is 179 Å². The maximum atomic E-state index is 13.7. The minimum absolute atomic E-state index is 0.129. The summed E-state index contributed by atoms with van der Waals surface area (Å²) in [6.07, 6.45) is 12.8. The number of carbonyl (C=O) groups is 1. The van der Waals surface area contributed by atoms with Gasteiger partial charge in [-0.15, -0.1) is 0 Å². The van der Waals surface area contributed by atoms with Crippen molar-refractivity contribution in [1.29, 1.82) is 0 Å². The van der Waals surface area contributed by atoms with Crippen LogP contribution >= 0.6 is 0 Å². The highest BCUT2D eigenvalue weighted by atomic mass is 16.3.